The molecule has 18 heavy (non-hydrogen) atoms. The van der Waals surface area contributed by atoms with Gasteiger partial charge in [0.2, 0.25) is 5.91 Å². The molecule has 0 radical (unpaired) electrons. The topological polar surface area (TPSA) is 55.1 Å². The van der Waals surface area contributed by atoms with Crippen LogP contribution >= 0.6 is 0 Å². The molecule has 1 aromatic rings. The Morgan fingerprint density at radius 2 is 1.94 bits per heavy atom. The fraction of sp³-hybridized carbons (Fsp3) is 0.364. The molecule has 0 aliphatic carbocycles. The summed E-state index contributed by atoms with van der Waals surface area (Å²) in [6.07, 6.45) is -4.26. The van der Waals surface area contributed by atoms with E-state index in [4.69, 9.17) is 5.73 Å². The predicted molar refractivity (Wildman–Crippen MR) is 56.3 cm³/mol. The van der Waals surface area contributed by atoms with Crippen molar-refractivity contribution in [1.82, 2.24) is 0 Å². The predicted octanol–water partition coefficient (Wildman–Crippen LogP) is 2.27. The molecule has 98 valence electrons. The lowest BCUT2D eigenvalue weighted by atomic mass is 9.97. The zero-order valence-electron chi connectivity index (χ0n) is 9.14. The lowest BCUT2D eigenvalue weighted by molar-refractivity contribution is -0.149. The number of anilines is 1. The summed E-state index contributed by atoms with van der Waals surface area (Å²) >= 11 is 0. The van der Waals surface area contributed by atoms with E-state index in [9.17, 15) is 22.4 Å². The number of carbonyl (C=O) groups is 1. The Balaban J connectivity index is 2.43. The molecule has 1 aromatic carbocycles. The Hall–Kier alpha value is -1.63. The smallest absolute Gasteiger partial charge is 0.326 e. The van der Waals surface area contributed by atoms with Crippen LogP contribution in [0.25, 0.3) is 0 Å². The average molecular weight is 262 g/mol. The van der Waals surface area contributed by atoms with Crippen LogP contribution in [0.5, 0.6) is 0 Å². The fourth-order valence-corrected chi connectivity index (χ4v) is 1.84. The number of nitrogens with two attached hydrogens (primary N) is 1. The number of hydrogen-bond acceptors (Lipinski definition) is 2. The highest BCUT2D eigenvalue weighted by molar-refractivity contribution is 5.93. The van der Waals surface area contributed by atoms with Crippen molar-refractivity contribution in [2.24, 2.45) is 5.73 Å². The molecule has 0 saturated heterocycles. The van der Waals surface area contributed by atoms with Gasteiger partial charge < -0.3 is 11.1 Å². The van der Waals surface area contributed by atoms with E-state index < -0.39 is 23.6 Å². The first-order valence-electron chi connectivity index (χ1n) is 5.23. The number of amides is 1. The van der Waals surface area contributed by atoms with Gasteiger partial charge in [-0.15, -0.1) is 0 Å². The second-order valence-electron chi connectivity index (χ2n) is 4.10. The van der Waals surface area contributed by atoms with Gasteiger partial charge in [0.15, 0.2) is 0 Å². The number of benzene rings is 1. The normalized spacial score (nSPS) is 17.1. The van der Waals surface area contributed by atoms with Crippen LogP contribution in [0.2, 0.25) is 0 Å². The number of fused-ring (bicyclic) bond motifs is 1. The van der Waals surface area contributed by atoms with Crippen LogP contribution in [0.15, 0.2) is 12.1 Å². The minimum Gasteiger partial charge on any atom is -0.326 e. The van der Waals surface area contributed by atoms with Gasteiger partial charge in [-0.25, -0.2) is 4.39 Å². The molecular weight excluding hydrogens is 252 g/mol. The number of aryl methyl sites for hydroxylation is 1. The molecular formula is C11H10F4N2O. The summed E-state index contributed by atoms with van der Waals surface area (Å²) in [5.74, 6) is -1.35. The second kappa shape index (κ2) is 4.24. The Labute approximate surface area is 100.0 Å². The van der Waals surface area contributed by atoms with Crippen LogP contribution < -0.4 is 11.1 Å². The van der Waals surface area contributed by atoms with Crippen molar-refractivity contribution in [3.8, 4) is 0 Å². The minimum atomic E-state index is -4.70. The van der Waals surface area contributed by atoms with Gasteiger partial charge in [0.1, 0.15) is 11.9 Å². The van der Waals surface area contributed by atoms with Gasteiger partial charge >= 0.3 is 6.18 Å². The summed E-state index contributed by atoms with van der Waals surface area (Å²) in [6, 6.07) is -0.407. The minimum absolute atomic E-state index is 0.166. The number of alkyl halides is 3. The quantitative estimate of drug-likeness (QED) is 0.763. The highest BCUT2D eigenvalue weighted by Gasteiger charge is 2.39. The maximum Gasteiger partial charge on any atom is 0.407 e. The second-order valence-corrected chi connectivity index (χ2v) is 4.10. The highest BCUT2D eigenvalue weighted by atomic mass is 19.4. The van der Waals surface area contributed by atoms with Gasteiger partial charge in [0, 0.05) is 17.7 Å². The first-order chi connectivity index (χ1) is 8.29. The van der Waals surface area contributed by atoms with Crippen molar-refractivity contribution in [1.29, 1.82) is 0 Å². The van der Waals surface area contributed by atoms with Crippen LogP contribution in [0.3, 0.4) is 0 Å². The van der Waals surface area contributed by atoms with Crippen LogP contribution in [0.4, 0.5) is 23.2 Å². The van der Waals surface area contributed by atoms with Gasteiger partial charge in [0.25, 0.3) is 0 Å². The molecule has 0 fully saturated rings. The third-order valence-corrected chi connectivity index (χ3v) is 2.81. The van der Waals surface area contributed by atoms with Gasteiger partial charge in [-0.05, 0) is 24.1 Å². The number of halogens is 4. The van der Waals surface area contributed by atoms with Crippen LogP contribution in [0.1, 0.15) is 23.6 Å². The first kappa shape index (κ1) is 12.8. The third-order valence-electron chi connectivity index (χ3n) is 2.81. The lowest BCUT2D eigenvalue weighted by Crippen LogP contribution is -2.30. The van der Waals surface area contributed by atoms with E-state index in [1.54, 1.807) is 0 Å². The van der Waals surface area contributed by atoms with Gasteiger partial charge in [-0.1, -0.05) is 0 Å². The highest BCUT2D eigenvalue weighted by Crippen LogP contribution is 2.35. The molecule has 1 unspecified atom stereocenters. The number of hydrogen-bond donors (Lipinski definition) is 2. The standard InChI is InChI=1S/C11H10F4N2O/c12-7-4-8-5(1-2-9(18)17-8)3-6(7)10(16)11(13,14)15/h3-4,10H,1-2,16H2,(H,17,18). The number of rotatable bonds is 1. The van der Waals surface area contributed by atoms with Crippen molar-refractivity contribution in [3.63, 3.8) is 0 Å². The molecule has 0 spiro atoms. The summed E-state index contributed by atoms with van der Waals surface area (Å²) < 4.78 is 50.9. The molecule has 1 aliphatic heterocycles. The van der Waals surface area contributed by atoms with Crippen LogP contribution in [-0.2, 0) is 11.2 Å². The van der Waals surface area contributed by atoms with Crippen molar-refractivity contribution in [3.05, 3.63) is 29.1 Å². The molecule has 1 aliphatic rings. The summed E-state index contributed by atoms with van der Waals surface area (Å²) in [6.45, 7) is 0. The Bertz CT molecular complexity index is 499. The first-order valence-corrected chi connectivity index (χ1v) is 5.23. The molecule has 1 atom stereocenters. The Morgan fingerprint density at radius 1 is 1.28 bits per heavy atom. The monoisotopic (exact) mass is 262 g/mol. The molecule has 3 nitrogen and oxygen atoms in total. The van der Waals surface area contributed by atoms with Crippen molar-refractivity contribution >= 4 is 11.6 Å². The van der Waals surface area contributed by atoms with Crippen molar-refractivity contribution in [2.75, 3.05) is 5.32 Å². The SMILES string of the molecule is NC(c1cc2c(cc1F)NC(=O)CC2)C(F)(F)F. The Morgan fingerprint density at radius 3 is 2.56 bits per heavy atom. The summed E-state index contributed by atoms with van der Waals surface area (Å²) in [4.78, 5) is 11.1. The van der Waals surface area contributed by atoms with Crippen molar-refractivity contribution in [2.45, 2.75) is 25.1 Å². The van der Waals surface area contributed by atoms with Crippen LogP contribution in [-0.4, -0.2) is 12.1 Å². The zero-order chi connectivity index (χ0) is 13.5. The molecule has 2 rings (SSSR count). The summed E-state index contributed by atoms with van der Waals surface area (Å²) in [5, 5.41) is 2.40. The lowest BCUT2D eigenvalue weighted by Gasteiger charge is -2.21. The van der Waals surface area contributed by atoms with Crippen molar-refractivity contribution < 1.29 is 22.4 Å². The van der Waals surface area contributed by atoms with Gasteiger partial charge in [-0.2, -0.15) is 13.2 Å². The third kappa shape index (κ3) is 2.31. The largest absolute Gasteiger partial charge is 0.407 e. The Kier molecular flexibility index (Phi) is 3.02. The molecule has 1 heterocycles. The van der Waals surface area contributed by atoms with E-state index in [2.05, 4.69) is 5.32 Å². The molecule has 0 saturated carbocycles. The van der Waals surface area contributed by atoms with E-state index in [1.165, 1.54) is 0 Å². The van der Waals surface area contributed by atoms with E-state index in [1.807, 2.05) is 0 Å². The molecule has 0 bridgehead atoms. The maximum absolute atomic E-state index is 13.6. The maximum atomic E-state index is 13.6. The van der Waals surface area contributed by atoms with E-state index >= 15 is 0 Å². The molecule has 0 aromatic heterocycles. The molecule has 1 amide bonds. The average Bonchev–Trinajstić information content (AvgIpc) is 2.25. The molecule has 3 N–H and O–H groups in total. The van der Waals surface area contributed by atoms with E-state index in [0.717, 1.165) is 12.1 Å². The molecule has 7 heteroatoms. The zero-order valence-corrected chi connectivity index (χ0v) is 9.14. The summed E-state index contributed by atoms with van der Waals surface area (Å²) in [5.41, 5.74) is 5.06. The van der Waals surface area contributed by atoms with E-state index in [-0.39, 0.29) is 24.4 Å². The number of nitrogens with one attached hydrogen (secondary N) is 1. The number of carbonyl (C=O) groups excluding carboxylic acids is 1. The van der Waals surface area contributed by atoms with Gasteiger partial charge in [0.05, 0.1) is 0 Å². The van der Waals surface area contributed by atoms with Gasteiger partial charge in [-0.3, -0.25) is 4.79 Å². The fourth-order valence-electron chi connectivity index (χ4n) is 1.84. The summed E-state index contributed by atoms with van der Waals surface area (Å²) in [7, 11) is 0. The van der Waals surface area contributed by atoms with Crippen LogP contribution in [0, 0.1) is 5.82 Å². The van der Waals surface area contributed by atoms with E-state index in [0.29, 0.717) is 5.56 Å².